The molecule has 3 aromatic rings. The number of nitrogens with one attached hydrogen (secondary N) is 2. The highest BCUT2D eigenvalue weighted by molar-refractivity contribution is 7.80. The van der Waals surface area contributed by atoms with Gasteiger partial charge in [-0.05, 0) is 31.3 Å². The molecule has 0 aliphatic carbocycles. The van der Waals surface area contributed by atoms with Crippen molar-refractivity contribution in [3.05, 3.63) is 30.1 Å². The minimum atomic E-state index is -0.210. The molecule has 9 heteroatoms. The van der Waals surface area contributed by atoms with Crippen LogP contribution in [0.15, 0.2) is 24.3 Å². The monoisotopic (exact) mass is 332 g/mol. The van der Waals surface area contributed by atoms with Crippen molar-refractivity contribution >= 4 is 45.2 Å². The third kappa shape index (κ3) is 2.95. The van der Waals surface area contributed by atoms with Gasteiger partial charge >= 0.3 is 0 Å². The van der Waals surface area contributed by atoms with Gasteiger partial charge in [-0.25, -0.2) is 0 Å². The maximum absolute atomic E-state index is 11.0. The Morgan fingerprint density at radius 1 is 1.36 bits per heavy atom. The number of fused-ring (bicyclic) bond motifs is 1. The van der Waals surface area contributed by atoms with Crippen LogP contribution in [0.5, 0.6) is 0 Å². The number of amides is 1. The number of hydrogen-bond acceptors (Lipinski definition) is 6. The van der Waals surface area contributed by atoms with Gasteiger partial charge in [-0.1, -0.05) is 23.5 Å². The van der Waals surface area contributed by atoms with Gasteiger partial charge in [-0.2, -0.15) is 9.61 Å². The second-order valence-corrected chi connectivity index (χ2v) is 5.93. The molecule has 0 aliphatic rings. The molecular weight excluding hydrogens is 320 g/mol. The number of carbonyl (C=O) groups is 1. The fourth-order valence-corrected chi connectivity index (χ4v) is 3.03. The van der Waals surface area contributed by atoms with Crippen LogP contribution in [-0.4, -0.2) is 30.8 Å². The minimum absolute atomic E-state index is 0.210. The van der Waals surface area contributed by atoms with Crippen LogP contribution in [0.1, 0.15) is 12.7 Å². The highest BCUT2D eigenvalue weighted by Gasteiger charge is 2.11. The summed E-state index contributed by atoms with van der Waals surface area (Å²) in [6, 6.07) is 7.62. The molecule has 2 heterocycles. The van der Waals surface area contributed by atoms with Crippen LogP contribution in [0.4, 0.5) is 5.69 Å². The molecule has 0 bridgehead atoms. The summed E-state index contributed by atoms with van der Waals surface area (Å²) >= 11 is 6.51. The van der Waals surface area contributed by atoms with Crippen molar-refractivity contribution < 1.29 is 4.79 Å². The Morgan fingerprint density at radius 3 is 2.91 bits per heavy atom. The standard InChI is InChI=1S/C13H12N6OS2/c1-7-16-17-13-19(7)18-11(22-13)9-4-3-5-10(6-9)15-12(21)14-8(2)20/h3-6H,1-2H3,(H2,14,15,20,21). The van der Waals surface area contributed by atoms with Crippen LogP contribution in [0.25, 0.3) is 15.5 Å². The molecule has 0 fully saturated rings. The van der Waals surface area contributed by atoms with Crippen LogP contribution in [0.2, 0.25) is 0 Å². The number of aromatic nitrogens is 4. The van der Waals surface area contributed by atoms with E-state index < -0.39 is 0 Å². The molecular formula is C13H12N6OS2. The summed E-state index contributed by atoms with van der Waals surface area (Å²) in [7, 11) is 0. The smallest absolute Gasteiger partial charge is 0.234 e. The third-order valence-corrected chi connectivity index (χ3v) is 3.96. The summed E-state index contributed by atoms with van der Waals surface area (Å²) in [5.74, 6) is 0.538. The van der Waals surface area contributed by atoms with Gasteiger partial charge in [-0.15, -0.1) is 10.2 Å². The zero-order valence-corrected chi connectivity index (χ0v) is 13.5. The molecule has 0 aliphatic heterocycles. The van der Waals surface area contributed by atoms with E-state index in [9.17, 15) is 4.79 Å². The van der Waals surface area contributed by atoms with E-state index in [0.717, 1.165) is 27.0 Å². The van der Waals surface area contributed by atoms with Crippen molar-refractivity contribution in [3.63, 3.8) is 0 Å². The quantitative estimate of drug-likeness (QED) is 0.698. The summed E-state index contributed by atoms with van der Waals surface area (Å²) in [6.07, 6.45) is 0. The van der Waals surface area contributed by atoms with Crippen molar-refractivity contribution in [2.75, 3.05) is 5.32 Å². The highest BCUT2D eigenvalue weighted by Crippen LogP contribution is 2.27. The first-order valence-electron chi connectivity index (χ1n) is 6.41. The van der Waals surface area contributed by atoms with Crippen molar-refractivity contribution in [3.8, 4) is 10.6 Å². The van der Waals surface area contributed by atoms with Gasteiger partial charge in [0.05, 0.1) is 0 Å². The maximum Gasteiger partial charge on any atom is 0.234 e. The van der Waals surface area contributed by atoms with E-state index in [1.54, 1.807) is 4.52 Å². The van der Waals surface area contributed by atoms with Crippen LogP contribution < -0.4 is 10.6 Å². The Morgan fingerprint density at radius 2 is 2.18 bits per heavy atom. The predicted octanol–water partition coefficient (Wildman–Crippen LogP) is 1.99. The van der Waals surface area contributed by atoms with Crippen molar-refractivity contribution in [1.82, 2.24) is 25.1 Å². The maximum atomic E-state index is 11.0. The van der Waals surface area contributed by atoms with Crippen molar-refractivity contribution in [2.45, 2.75) is 13.8 Å². The number of hydrogen-bond donors (Lipinski definition) is 2. The number of aryl methyl sites for hydroxylation is 1. The Kier molecular flexibility index (Phi) is 3.82. The zero-order chi connectivity index (χ0) is 15.7. The Balaban J connectivity index is 1.87. The van der Waals surface area contributed by atoms with E-state index in [0.29, 0.717) is 0 Å². The van der Waals surface area contributed by atoms with Crippen LogP contribution in [0.3, 0.4) is 0 Å². The molecule has 0 radical (unpaired) electrons. The van der Waals surface area contributed by atoms with Crippen LogP contribution >= 0.6 is 23.6 Å². The minimum Gasteiger partial charge on any atom is -0.332 e. The lowest BCUT2D eigenvalue weighted by atomic mass is 10.2. The van der Waals surface area contributed by atoms with E-state index in [1.807, 2.05) is 31.2 Å². The lowest BCUT2D eigenvalue weighted by Crippen LogP contribution is -2.32. The van der Waals surface area contributed by atoms with Crippen LogP contribution in [-0.2, 0) is 4.79 Å². The SMILES string of the molecule is CC(=O)NC(=S)Nc1cccc(-c2nn3c(C)nnc3s2)c1. The zero-order valence-electron chi connectivity index (χ0n) is 11.8. The van der Waals surface area contributed by atoms with E-state index in [-0.39, 0.29) is 11.0 Å². The van der Waals surface area contributed by atoms with Gasteiger partial charge in [0.15, 0.2) is 10.9 Å². The number of carbonyl (C=O) groups excluding carboxylic acids is 1. The Labute approximate surface area is 135 Å². The number of rotatable bonds is 2. The number of thiocarbonyl (C=S) groups is 1. The summed E-state index contributed by atoms with van der Waals surface area (Å²) in [5.41, 5.74) is 1.71. The second-order valence-electron chi connectivity index (χ2n) is 4.56. The molecule has 0 saturated carbocycles. The number of anilines is 1. The average molecular weight is 332 g/mol. The number of nitrogens with zero attached hydrogens (tertiary/aromatic N) is 4. The molecule has 0 unspecified atom stereocenters. The lowest BCUT2D eigenvalue weighted by Gasteiger charge is -2.08. The largest absolute Gasteiger partial charge is 0.332 e. The molecule has 22 heavy (non-hydrogen) atoms. The normalized spacial score (nSPS) is 10.6. The van der Waals surface area contributed by atoms with Gasteiger partial charge in [0, 0.05) is 18.2 Å². The predicted molar refractivity (Wildman–Crippen MR) is 88.9 cm³/mol. The molecule has 0 saturated heterocycles. The molecule has 2 N–H and O–H groups in total. The Hall–Kier alpha value is -2.39. The first kappa shape index (κ1) is 14.5. The van der Waals surface area contributed by atoms with Gasteiger partial charge in [-0.3, -0.25) is 4.79 Å². The topological polar surface area (TPSA) is 84.2 Å². The molecule has 3 rings (SSSR count). The molecule has 2 aromatic heterocycles. The second kappa shape index (κ2) is 5.78. The van der Waals surface area contributed by atoms with Gasteiger partial charge in [0.2, 0.25) is 10.9 Å². The molecule has 1 aromatic carbocycles. The van der Waals surface area contributed by atoms with Gasteiger partial charge in [0.25, 0.3) is 0 Å². The molecule has 112 valence electrons. The number of benzene rings is 1. The summed E-state index contributed by atoms with van der Waals surface area (Å²) in [5, 5.41) is 19.1. The first-order chi connectivity index (χ1) is 10.5. The van der Waals surface area contributed by atoms with Gasteiger partial charge < -0.3 is 10.6 Å². The third-order valence-electron chi connectivity index (χ3n) is 2.80. The molecule has 0 atom stereocenters. The molecule has 7 nitrogen and oxygen atoms in total. The average Bonchev–Trinajstić information content (AvgIpc) is 3.01. The lowest BCUT2D eigenvalue weighted by molar-refractivity contribution is -0.117. The highest BCUT2D eigenvalue weighted by atomic mass is 32.1. The molecule has 0 spiro atoms. The summed E-state index contributed by atoms with van der Waals surface area (Å²) < 4.78 is 1.71. The van der Waals surface area contributed by atoms with Crippen molar-refractivity contribution in [1.29, 1.82) is 0 Å². The van der Waals surface area contributed by atoms with E-state index >= 15 is 0 Å². The van der Waals surface area contributed by atoms with E-state index in [4.69, 9.17) is 12.2 Å². The summed E-state index contributed by atoms with van der Waals surface area (Å²) in [4.78, 5) is 11.7. The van der Waals surface area contributed by atoms with Gasteiger partial charge in [0.1, 0.15) is 5.01 Å². The fourth-order valence-electron chi connectivity index (χ4n) is 1.88. The van der Waals surface area contributed by atoms with Crippen LogP contribution in [0, 0.1) is 6.92 Å². The first-order valence-corrected chi connectivity index (χ1v) is 7.63. The van der Waals surface area contributed by atoms with E-state index in [2.05, 4.69) is 25.9 Å². The summed E-state index contributed by atoms with van der Waals surface area (Å²) in [6.45, 7) is 3.26. The van der Waals surface area contributed by atoms with E-state index in [1.165, 1.54) is 18.3 Å². The molecule has 1 amide bonds. The Bertz CT molecular complexity index is 868. The fraction of sp³-hybridized carbons (Fsp3) is 0.154. The van der Waals surface area contributed by atoms with Crippen molar-refractivity contribution in [2.24, 2.45) is 0 Å².